The number of aliphatic carboxylic acids is 1. The van der Waals surface area contributed by atoms with E-state index in [0.717, 1.165) is 0 Å². The second kappa shape index (κ2) is 4.03. The largest absolute Gasteiger partial charge is 0.475 e. The van der Waals surface area contributed by atoms with E-state index in [0.29, 0.717) is 10.6 Å². The van der Waals surface area contributed by atoms with Crippen LogP contribution >= 0.6 is 11.6 Å². The molecule has 1 aromatic rings. The second-order valence-electron chi connectivity index (χ2n) is 3.77. The van der Waals surface area contributed by atoms with E-state index in [2.05, 4.69) is 0 Å². The van der Waals surface area contributed by atoms with Crippen molar-refractivity contribution in [2.75, 3.05) is 0 Å². The van der Waals surface area contributed by atoms with Gasteiger partial charge in [0, 0.05) is 5.02 Å². The summed E-state index contributed by atoms with van der Waals surface area (Å²) in [5, 5.41) is 9.21. The first-order valence-corrected chi connectivity index (χ1v) is 4.77. The molecule has 80 valence electrons. The van der Waals surface area contributed by atoms with E-state index in [9.17, 15) is 9.59 Å². The third-order valence-corrected chi connectivity index (χ3v) is 2.58. The van der Waals surface area contributed by atoms with Gasteiger partial charge in [0.15, 0.2) is 0 Å². The van der Waals surface area contributed by atoms with Crippen molar-refractivity contribution in [1.82, 2.24) is 0 Å². The standard InChI is InChI=1S/C11H11ClO3/c1-11(2,9(13)10(14)15)7-3-5-8(12)6-4-7/h3-6H,1-2H3,(H,14,15). The fourth-order valence-corrected chi connectivity index (χ4v) is 1.39. The summed E-state index contributed by atoms with van der Waals surface area (Å²) >= 11 is 5.70. The first-order valence-electron chi connectivity index (χ1n) is 4.39. The Kier molecular flexibility index (Phi) is 3.15. The summed E-state index contributed by atoms with van der Waals surface area (Å²) in [5.41, 5.74) is -0.393. The minimum Gasteiger partial charge on any atom is -0.475 e. The van der Waals surface area contributed by atoms with Gasteiger partial charge in [0.05, 0.1) is 5.41 Å². The first kappa shape index (κ1) is 11.7. The number of carboxylic acid groups (broad SMARTS) is 1. The summed E-state index contributed by atoms with van der Waals surface area (Å²) < 4.78 is 0. The number of hydrogen-bond acceptors (Lipinski definition) is 2. The summed E-state index contributed by atoms with van der Waals surface area (Å²) in [6, 6.07) is 6.58. The van der Waals surface area contributed by atoms with Crippen molar-refractivity contribution in [3.05, 3.63) is 34.9 Å². The number of carbonyl (C=O) groups excluding carboxylic acids is 1. The SMILES string of the molecule is CC(C)(C(=O)C(=O)O)c1ccc(Cl)cc1. The quantitative estimate of drug-likeness (QED) is 0.805. The van der Waals surface area contributed by atoms with Gasteiger partial charge in [-0.25, -0.2) is 4.79 Å². The van der Waals surface area contributed by atoms with Gasteiger partial charge >= 0.3 is 5.97 Å². The molecule has 0 unspecified atom stereocenters. The maximum atomic E-state index is 11.4. The molecule has 1 N–H and O–H groups in total. The minimum absolute atomic E-state index is 0.553. The van der Waals surface area contributed by atoms with Crippen LogP contribution in [0.2, 0.25) is 5.02 Å². The summed E-state index contributed by atoms with van der Waals surface area (Å²) in [6.07, 6.45) is 0. The van der Waals surface area contributed by atoms with Crippen LogP contribution in [0.4, 0.5) is 0 Å². The van der Waals surface area contributed by atoms with E-state index in [-0.39, 0.29) is 0 Å². The maximum Gasteiger partial charge on any atom is 0.373 e. The average Bonchev–Trinajstić information content (AvgIpc) is 2.17. The van der Waals surface area contributed by atoms with E-state index >= 15 is 0 Å². The Labute approximate surface area is 92.7 Å². The highest BCUT2D eigenvalue weighted by Gasteiger charge is 2.34. The first-order chi connectivity index (χ1) is 6.85. The number of benzene rings is 1. The van der Waals surface area contributed by atoms with Crippen LogP contribution in [0.25, 0.3) is 0 Å². The van der Waals surface area contributed by atoms with Crippen molar-refractivity contribution in [2.45, 2.75) is 19.3 Å². The van der Waals surface area contributed by atoms with Crippen LogP contribution in [0.5, 0.6) is 0 Å². The monoisotopic (exact) mass is 226 g/mol. The molecule has 0 atom stereocenters. The van der Waals surface area contributed by atoms with Gasteiger partial charge in [-0.05, 0) is 31.5 Å². The van der Waals surface area contributed by atoms with Gasteiger partial charge in [-0.15, -0.1) is 0 Å². The Hall–Kier alpha value is -1.35. The zero-order valence-corrected chi connectivity index (χ0v) is 9.21. The smallest absolute Gasteiger partial charge is 0.373 e. The summed E-state index contributed by atoms with van der Waals surface area (Å²) in [7, 11) is 0. The van der Waals surface area contributed by atoms with E-state index in [1.807, 2.05) is 0 Å². The molecule has 0 amide bonds. The molecule has 1 aromatic carbocycles. The molecular formula is C11H11ClO3. The highest BCUT2D eigenvalue weighted by molar-refractivity contribution is 6.36. The van der Waals surface area contributed by atoms with Crippen LogP contribution in [0.15, 0.2) is 24.3 Å². The topological polar surface area (TPSA) is 54.4 Å². The number of ketones is 1. The van der Waals surface area contributed by atoms with Crippen molar-refractivity contribution in [3.8, 4) is 0 Å². The highest BCUT2D eigenvalue weighted by atomic mass is 35.5. The average molecular weight is 227 g/mol. The lowest BCUT2D eigenvalue weighted by molar-refractivity contribution is -0.151. The van der Waals surface area contributed by atoms with Crippen molar-refractivity contribution >= 4 is 23.4 Å². The minimum atomic E-state index is -1.42. The zero-order chi connectivity index (χ0) is 11.6. The Morgan fingerprint density at radius 2 is 1.67 bits per heavy atom. The van der Waals surface area contributed by atoms with Crippen molar-refractivity contribution < 1.29 is 14.7 Å². The summed E-state index contributed by atoms with van der Waals surface area (Å²) in [5.74, 6) is -2.25. The molecule has 0 aliphatic carbocycles. The molecule has 0 saturated heterocycles. The number of Topliss-reactive ketones (excluding diaryl/α,β-unsaturated/α-hetero) is 1. The molecule has 4 heteroatoms. The summed E-state index contributed by atoms with van der Waals surface area (Å²) in [6.45, 7) is 3.15. The summed E-state index contributed by atoms with van der Waals surface area (Å²) in [4.78, 5) is 22.0. The third kappa shape index (κ3) is 2.36. The van der Waals surface area contributed by atoms with Crippen molar-refractivity contribution in [1.29, 1.82) is 0 Å². The van der Waals surface area contributed by atoms with Gasteiger partial charge in [0.2, 0.25) is 5.78 Å². The molecular weight excluding hydrogens is 216 g/mol. The van der Waals surface area contributed by atoms with Crippen molar-refractivity contribution in [2.24, 2.45) is 0 Å². The molecule has 0 fully saturated rings. The van der Waals surface area contributed by atoms with Crippen LogP contribution in [0, 0.1) is 0 Å². The molecule has 0 aliphatic rings. The molecule has 0 spiro atoms. The normalized spacial score (nSPS) is 11.1. The number of rotatable bonds is 3. The van der Waals surface area contributed by atoms with Gasteiger partial charge < -0.3 is 5.11 Å². The lowest BCUT2D eigenvalue weighted by atomic mass is 9.80. The highest BCUT2D eigenvalue weighted by Crippen LogP contribution is 2.25. The second-order valence-corrected chi connectivity index (χ2v) is 4.20. The molecule has 0 aromatic heterocycles. The molecule has 0 saturated carbocycles. The van der Waals surface area contributed by atoms with Crippen LogP contribution in [0.1, 0.15) is 19.4 Å². The molecule has 0 bridgehead atoms. The Morgan fingerprint density at radius 3 is 2.07 bits per heavy atom. The maximum absolute atomic E-state index is 11.4. The number of hydrogen-bond donors (Lipinski definition) is 1. The molecule has 1 rings (SSSR count). The van der Waals surface area contributed by atoms with Gasteiger partial charge in [-0.3, -0.25) is 4.79 Å². The molecule has 0 heterocycles. The van der Waals surface area contributed by atoms with E-state index in [1.54, 1.807) is 38.1 Å². The Balaban J connectivity index is 3.10. The van der Waals surface area contributed by atoms with Crippen LogP contribution in [-0.2, 0) is 15.0 Å². The number of carbonyl (C=O) groups is 2. The Morgan fingerprint density at radius 1 is 1.20 bits per heavy atom. The zero-order valence-electron chi connectivity index (χ0n) is 8.45. The third-order valence-electron chi connectivity index (χ3n) is 2.33. The molecule has 0 aliphatic heterocycles. The van der Waals surface area contributed by atoms with Crippen LogP contribution in [-0.4, -0.2) is 16.9 Å². The predicted octanol–water partition coefficient (Wildman–Crippen LogP) is 2.27. The molecule has 3 nitrogen and oxygen atoms in total. The van der Waals surface area contributed by atoms with E-state index in [1.165, 1.54) is 0 Å². The number of halogens is 1. The van der Waals surface area contributed by atoms with Gasteiger partial charge in [0.25, 0.3) is 0 Å². The number of carboxylic acids is 1. The van der Waals surface area contributed by atoms with Gasteiger partial charge in [-0.1, -0.05) is 23.7 Å². The van der Waals surface area contributed by atoms with E-state index < -0.39 is 17.2 Å². The van der Waals surface area contributed by atoms with Crippen molar-refractivity contribution in [3.63, 3.8) is 0 Å². The molecule has 0 radical (unpaired) electrons. The lowest BCUT2D eigenvalue weighted by Gasteiger charge is -2.21. The van der Waals surface area contributed by atoms with Crippen LogP contribution in [0.3, 0.4) is 0 Å². The predicted molar refractivity (Wildman–Crippen MR) is 57.1 cm³/mol. The van der Waals surface area contributed by atoms with E-state index in [4.69, 9.17) is 16.7 Å². The lowest BCUT2D eigenvalue weighted by Crippen LogP contribution is -2.34. The Bertz CT molecular complexity index is 393. The van der Waals surface area contributed by atoms with Gasteiger partial charge in [0.1, 0.15) is 0 Å². The van der Waals surface area contributed by atoms with Gasteiger partial charge in [-0.2, -0.15) is 0 Å². The molecule has 15 heavy (non-hydrogen) atoms. The fraction of sp³-hybridized carbons (Fsp3) is 0.273. The fourth-order valence-electron chi connectivity index (χ4n) is 1.26. The van der Waals surface area contributed by atoms with Crippen LogP contribution < -0.4 is 0 Å².